The first kappa shape index (κ1) is 13.4. The zero-order chi connectivity index (χ0) is 12.5. The second kappa shape index (κ2) is 8.11. The minimum absolute atomic E-state index is 0.425. The molecular weight excluding hydrogens is 226 g/mol. The van der Waals surface area contributed by atoms with Gasteiger partial charge in [0.2, 0.25) is 0 Å². The number of hydrogen-bond donors (Lipinski definition) is 1. The average Bonchev–Trinajstić information content (AvgIpc) is 2.45. The van der Waals surface area contributed by atoms with Gasteiger partial charge in [-0.2, -0.15) is 0 Å². The first-order valence-electron chi connectivity index (χ1n) is 6.95. The summed E-state index contributed by atoms with van der Waals surface area (Å²) in [4.78, 5) is 0. The van der Waals surface area contributed by atoms with Crippen molar-refractivity contribution in [3.05, 3.63) is 30.3 Å². The fraction of sp³-hybridized carbons (Fsp3) is 0.600. The molecule has 0 aliphatic carbocycles. The van der Waals surface area contributed by atoms with Gasteiger partial charge in [0.25, 0.3) is 0 Å². The van der Waals surface area contributed by atoms with Crippen LogP contribution in [0.5, 0.6) is 5.75 Å². The first-order chi connectivity index (χ1) is 8.95. The van der Waals surface area contributed by atoms with E-state index in [9.17, 15) is 0 Å². The van der Waals surface area contributed by atoms with Crippen LogP contribution in [0.2, 0.25) is 0 Å². The Morgan fingerprint density at radius 2 is 2.11 bits per heavy atom. The van der Waals surface area contributed by atoms with Crippen molar-refractivity contribution >= 4 is 0 Å². The minimum Gasteiger partial charge on any atom is -0.494 e. The molecular formula is C15H23NO2. The van der Waals surface area contributed by atoms with Crippen LogP contribution in [0.25, 0.3) is 0 Å². The molecule has 1 aromatic rings. The molecule has 1 aromatic carbocycles. The number of rotatable bonds is 7. The largest absolute Gasteiger partial charge is 0.494 e. The standard InChI is InChI=1S/C15H23NO2/c1-2-7-14(8-3-1)17-12-6-10-16-13-15-9-4-5-11-18-15/h1-3,7-8,15-16H,4-6,9-13H2. The van der Waals surface area contributed by atoms with Crippen LogP contribution in [-0.2, 0) is 4.74 Å². The van der Waals surface area contributed by atoms with Gasteiger partial charge in [0.1, 0.15) is 5.75 Å². The van der Waals surface area contributed by atoms with Crippen LogP contribution in [-0.4, -0.2) is 32.4 Å². The summed E-state index contributed by atoms with van der Waals surface area (Å²) in [7, 11) is 0. The molecule has 18 heavy (non-hydrogen) atoms. The fourth-order valence-corrected chi connectivity index (χ4v) is 2.14. The number of para-hydroxylation sites is 1. The van der Waals surface area contributed by atoms with Gasteiger partial charge in [-0.25, -0.2) is 0 Å². The Morgan fingerprint density at radius 3 is 2.89 bits per heavy atom. The molecule has 100 valence electrons. The SMILES string of the molecule is c1ccc(OCCCNCC2CCCCO2)cc1. The summed E-state index contributed by atoms with van der Waals surface area (Å²) in [6.07, 6.45) is 5.19. The lowest BCUT2D eigenvalue weighted by Gasteiger charge is -2.22. The molecule has 0 spiro atoms. The fourth-order valence-electron chi connectivity index (χ4n) is 2.14. The molecule has 1 heterocycles. The van der Waals surface area contributed by atoms with E-state index in [1.54, 1.807) is 0 Å². The van der Waals surface area contributed by atoms with Crippen molar-refractivity contribution in [1.29, 1.82) is 0 Å². The van der Waals surface area contributed by atoms with Crippen molar-refractivity contribution < 1.29 is 9.47 Å². The van der Waals surface area contributed by atoms with Crippen LogP contribution >= 0.6 is 0 Å². The predicted molar refractivity (Wildman–Crippen MR) is 73.0 cm³/mol. The van der Waals surface area contributed by atoms with Crippen LogP contribution in [0.4, 0.5) is 0 Å². The third-order valence-corrected chi connectivity index (χ3v) is 3.16. The summed E-state index contributed by atoms with van der Waals surface area (Å²) >= 11 is 0. The molecule has 1 aliphatic heterocycles. The van der Waals surface area contributed by atoms with Crippen LogP contribution in [0, 0.1) is 0 Å². The Bertz CT molecular complexity index is 310. The number of benzene rings is 1. The van der Waals surface area contributed by atoms with Gasteiger partial charge < -0.3 is 14.8 Å². The highest BCUT2D eigenvalue weighted by Gasteiger charge is 2.12. The first-order valence-corrected chi connectivity index (χ1v) is 6.95. The summed E-state index contributed by atoms with van der Waals surface area (Å²) < 4.78 is 11.3. The van der Waals surface area contributed by atoms with Gasteiger partial charge >= 0.3 is 0 Å². The molecule has 3 heteroatoms. The maximum Gasteiger partial charge on any atom is 0.119 e. The van der Waals surface area contributed by atoms with Gasteiger partial charge in [-0.1, -0.05) is 18.2 Å². The molecule has 0 radical (unpaired) electrons. The zero-order valence-corrected chi connectivity index (χ0v) is 10.9. The predicted octanol–water partition coefficient (Wildman–Crippen LogP) is 2.61. The Balaban J connectivity index is 1.46. The topological polar surface area (TPSA) is 30.5 Å². The normalized spacial score (nSPS) is 19.7. The van der Waals surface area contributed by atoms with Crippen molar-refractivity contribution in [3.8, 4) is 5.75 Å². The van der Waals surface area contributed by atoms with Gasteiger partial charge in [-0.3, -0.25) is 0 Å². The third kappa shape index (κ3) is 5.07. The second-order valence-corrected chi connectivity index (χ2v) is 4.71. The van der Waals surface area contributed by atoms with Crippen molar-refractivity contribution in [1.82, 2.24) is 5.32 Å². The van der Waals surface area contributed by atoms with Crippen LogP contribution in [0.1, 0.15) is 25.7 Å². The molecule has 1 aliphatic rings. The van der Waals surface area contributed by atoms with Crippen molar-refractivity contribution in [2.45, 2.75) is 31.8 Å². The van der Waals surface area contributed by atoms with Gasteiger partial charge in [0.15, 0.2) is 0 Å². The highest BCUT2D eigenvalue weighted by Crippen LogP contribution is 2.11. The van der Waals surface area contributed by atoms with E-state index in [0.717, 1.165) is 38.5 Å². The zero-order valence-electron chi connectivity index (χ0n) is 10.9. The van der Waals surface area contributed by atoms with E-state index in [1.165, 1.54) is 19.3 Å². The summed E-state index contributed by atoms with van der Waals surface area (Å²) in [5.41, 5.74) is 0. The van der Waals surface area contributed by atoms with E-state index in [4.69, 9.17) is 9.47 Å². The van der Waals surface area contributed by atoms with Crippen molar-refractivity contribution in [3.63, 3.8) is 0 Å². The van der Waals surface area contributed by atoms with E-state index < -0.39 is 0 Å². The molecule has 0 saturated carbocycles. The maximum absolute atomic E-state index is 5.66. The number of ether oxygens (including phenoxy) is 2. The second-order valence-electron chi connectivity index (χ2n) is 4.71. The quantitative estimate of drug-likeness (QED) is 0.754. The molecule has 3 nitrogen and oxygen atoms in total. The van der Waals surface area contributed by atoms with Gasteiger partial charge in [0.05, 0.1) is 12.7 Å². The molecule has 1 N–H and O–H groups in total. The van der Waals surface area contributed by atoms with Gasteiger partial charge in [-0.05, 0) is 44.4 Å². The highest BCUT2D eigenvalue weighted by molar-refractivity contribution is 5.20. The molecule has 2 rings (SSSR count). The lowest BCUT2D eigenvalue weighted by Crippen LogP contribution is -2.32. The molecule has 1 atom stereocenters. The van der Waals surface area contributed by atoms with E-state index >= 15 is 0 Å². The van der Waals surface area contributed by atoms with Crippen LogP contribution in [0.15, 0.2) is 30.3 Å². The Kier molecular flexibility index (Phi) is 6.03. The molecule has 0 amide bonds. The summed E-state index contributed by atoms with van der Waals surface area (Å²) in [6.45, 7) is 3.67. The Hall–Kier alpha value is -1.06. The van der Waals surface area contributed by atoms with E-state index in [0.29, 0.717) is 6.10 Å². The average molecular weight is 249 g/mol. The van der Waals surface area contributed by atoms with Gasteiger partial charge in [-0.15, -0.1) is 0 Å². The van der Waals surface area contributed by atoms with Crippen LogP contribution < -0.4 is 10.1 Å². The molecule has 0 bridgehead atoms. The highest BCUT2D eigenvalue weighted by atomic mass is 16.5. The smallest absolute Gasteiger partial charge is 0.119 e. The Labute approximate surface area is 109 Å². The third-order valence-electron chi connectivity index (χ3n) is 3.16. The lowest BCUT2D eigenvalue weighted by atomic mass is 10.1. The maximum atomic E-state index is 5.66. The summed E-state index contributed by atoms with van der Waals surface area (Å²) in [6, 6.07) is 9.97. The molecule has 1 unspecified atom stereocenters. The molecule has 1 fully saturated rings. The number of hydrogen-bond acceptors (Lipinski definition) is 3. The summed E-state index contributed by atoms with van der Waals surface area (Å²) in [5.74, 6) is 0.952. The van der Waals surface area contributed by atoms with Crippen molar-refractivity contribution in [2.75, 3.05) is 26.3 Å². The monoisotopic (exact) mass is 249 g/mol. The Morgan fingerprint density at radius 1 is 1.22 bits per heavy atom. The van der Waals surface area contributed by atoms with E-state index in [-0.39, 0.29) is 0 Å². The minimum atomic E-state index is 0.425. The summed E-state index contributed by atoms with van der Waals surface area (Å²) in [5, 5.41) is 3.44. The van der Waals surface area contributed by atoms with E-state index in [2.05, 4.69) is 5.32 Å². The van der Waals surface area contributed by atoms with Crippen molar-refractivity contribution in [2.24, 2.45) is 0 Å². The molecule has 0 aromatic heterocycles. The number of nitrogens with one attached hydrogen (secondary N) is 1. The lowest BCUT2D eigenvalue weighted by molar-refractivity contribution is 0.0169. The molecule has 1 saturated heterocycles. The van der Waals surface area contributed by atoms with E-state index in [1.807, 2.05) is 30.3 Å². The van der Waals surface area contributed by atoms with Crippen LogP contribution in [0.3, 0.4) is 0 Å². The van der Waals surface area contributed by atoms with Gasteiger partial charge in [0, 0.05) is 13.2 Å².